The third-order valence-electron chi connectivity index (χ3n) is 4.13. The van der Waals surface area contributed by atoms with E-state index < -0.39 is 11.9 Å². The molecule has 0 saturated heterocycles. The van der Waals surface area contributed by atoms with E-state index in [-0.39, 0.29) is 25.2 Å². The van der Waals surface area contributed by atoms with Gasteiger partial charge in [0.15, 0.2) is 0 Å². The van der Waals surface area contributed by atoms with Crippen LogP contribution >= 0.6 is 0 Å². The van der Waals surface area contributed by atoms with E-state index in [2.05, 4.69) is 0 Å². The number of rotatable bonds is 9. The number of carbonyl (C=O) groups excluding carboxylic acids is 4. The summed E-state index contributed by atoms with van der Waals surface area (Å²) in [6.45, 7) is 0.657. The normalized spacial score (nSPS) is 15.6. The molecule has 0 aromatic heterocycles. The first-order valence-corrected chi connectivity index (χ1v) is 8.65. The van der Waals surface area contributed by atoms with Gasteiger partial charge in [0.25, 0.3) is 11.8 Å². The Labute approximate surface area is 147 Å². The molecule has 0 aromatic rings. The van der Waals surface area contributed by atoms with Gasteiger partial charge in [0.1, 0.15) is 6.29 Å². The molecule has 1 saturated carbocycles. The standard InChI is InChI=1S/C18H24N2O5/c1-19(16(22)6-5-13-21)25-18(24)7-3-2-4-12-20-15(14-8-9-14)10-11-17(20)23/h10-11,13H,2-9,12H2,1H3. The van der Waals surface area contributed by atoms with Crippen LogP contribution in [0.15, 0.2) is 23.4 Å². The van der Waals surface area contributed by atoms with Crippen LogP contribution in [-0.2, 0) is 24.0 Å². The lowest BCUT2D eigenvalue weighted by molar-refractivity contribution is -0.192. The molecule has 0 atom stereocenters. The van der Waals surface area contributed by atoms with Gasteiger partial charge in [0, 0.05) is 44.6 Å². The summed E-state index contributed by atoms with van der Waals surface area (Å²) in [5.41, 5.74) is 2.40. The van der Waals surface area contributed by atoms with Crippen molar-refractivity contribution < 1.29 is 24.0 Å². The highest BCUT2D eigenvalue weighted by Gasteiger charge is 2.27. The first-order chi connectivity index (χ1) is 12.0. The van der Waals surface area contributed by atoms with E-state index in [1.165, 1.54) is 12.6 Å². The second-order valence-corrected chi connectivity index (χ2v) is 6.18. The van der Waals surface area contributed by atoms with Crippen LogP contribution in [0.25, 0.3) is 0 Å². The molecule has 0 bridgehead atoms. The van der Waals surface area contributed by atoms with Gasteiger partial charge in [-0.2, -0.15) is 5.06 Å². The molecule has 0 spiro atoms. The fourth-order valence-electron chi connectivity index (χ4n) is 2.61. The van der Waals surface area contributed by atoms with Crippen molar-refractivity contribution in [2.75, 3.05) is 13.6 Å². The Morgan fingerprint density at radius 1 is 1.20 bits per heavy atom. The molecule has 0 aromatic carbocycles. The molecule has 0 N–H and O–H groups in total. The predicted octanol–water partition coefficient (Wildman–Crippen LogP) is 1.89. The van der Waals surface area contributed by atoms with Gasteiger partial charge in [-0.3, -0.25) is 9.59 Å². The minimum atomic E-state index is -0.471. The van der Waals surface area contributed by atoms with E-state index >= 15 is 0 Å². The van der Waals surface area contributed by atoms with Crippen LogP contribution in [0.4, 0.5) is 0 Å². The molecular formula is C18H24N2O5. The highest BCUT2D eigenvalue weighted by molar-refractivity contribution is 5.93. The third kappa shape index (κ3) is 5.85. The summed E-state index contributed by atoms with van der Waals surface area (Å²) >= 11 is 0. The van der Waals surface area contributed by atoms with Crippen molar-refractivity contribution in [2.45, 2.75) is 51.4 Å². The zero-order chi connectivity index (χ0) is 18.2. The average Bonchev–Trinajstić information content (AvgIpc) is 3.36. The molecule has 0 unspecified atom stereocenters. The second kappa shape index (κ2) is 9.15. The molecule has 2 amide bonds. The van der Waals surface area contributed by atoms with Gasteiger partial charge >= 0.3 is 5.97 Å². The molecule has 1 aliphatic heterocycles. The maximum Gasteiger partial charge on any atom is 0.332 e. The van der Waals surface area contributed by atoms with Crippen LogP contribution in [0.5, 0.6) is 0 Å². The summed E-state index contributed by atoms with van der Waals surface area (Å²) in [7, 11) is 1.37. The van der Waals surface area contributed by atoms with Crippen molar-refractivity contribution in [3.63, 3.8) is 0 Å². The van der Waals surface area contributed by atoms with Gasteiger partial charge in [-0.1, -0.05) is 6.42 Å². The molecule has 7 nitrogen and oxygen atoms in total. The third-order valence-corrected chi connectivity index (χ3v) is 4.13. The highest BCUT2D eigenvalue weighted by atomic mass is 16.7. The van der Waals surface area contributed by atoms with Crippen molar-refractivity contribution in [1.29, 1.82) is 0 Å². The lowest BCUT2D eigenvalue weighted by Gasteiger charge is -2.18. The fraction of sp³-hybridized carbons (Fsp3) is 0.556. The summed E-state index contributed by atoms with van der Waals surface area (Å²) in [5, 5.41) is 0.883. The SMILES string of the molecule is CN(OC(=O)CCCCCN1C(=O)C=CC1=C1CC1)C(=O)CCC=O. The quantitative estimate of drug-likeness (QED) is 0.361. The highest BCUT2D eigenvalue weighted by Crippen LogP contribution is 2.35. The van der Waals surface area contributed by atoms with E-state index in [1.54, 1.807) is 11.0 Å². The monoisotopic (exact) mass is 348 g/mol. The van der Waals surface area contributed by atoms with Crippen molar-refractivity contribution in [3.8, 4) is 0 Å². The van der Waals surface area contributed by atoms with Gasteiger partial charge in [-0.05, 0) is 37.3 Å². The van der Waals surface area contributed by atoms with Crippen molar-refractivity contribution in [2.24, 2.45) is 0 Å². The van der Waals surface area contributed by atoms with E-state index in [4.69, 9.17) is 4.84 Å². The maximum atomic E-state index is 11.8. The van der Waals surface area contributed by atoms with Gasteiger partial charge in [-0.25, -0.2) is 4.79 Å². The summed E-state index contributed by atoms with van der Waals surface area (Å²) in [5.74, 6) is -0.841. The predicted molar refractivity (Wildman–Crippen MR) is 89.7 cm³/mol. The lowest BCUT2D eigenvalue weighted by Crippen LogP contribution is -2.29. The van der Waals surface area contributed by atoms with Crippen molar-refractivity contribution >= 4 is 24.1 Å². The summed E-state index contributed by atoms with van der Waals surface area (Å²) in [4.78, 5) is 52.0. The van der Waals surface area contributed by atoms with Crippen LogP contribution in [0, 0.1) is 0 Å². The molecule has 25 heavy (non-hydrogen) atoms. The topological polar surface area (TPSA) is 84.0 Å². The Balaban J connectivity index is 1.59. The van der Waals surface area contributed by atoms with Gasteiger partial charge in [-0.15, -0.1) is 0 Å². The number of unbranched alkanes of at least 4 members (excludes halogenated alkanes) is 2. The van der Waals surface area contributed by atoms with Crippen molar-refractivity contribution in [1.82, 2.24) is 9.96 Å². The Morgan fingerprint density at radius 2 is 1.96 bits per heavy atom. The van der Waals surface area contributed by atoms with E-state index in [9.17, 15) is 19.2 Å². The Morgan fingerprint density at radius 3 is 2.64 bits per heavy atom. The molecule has 1 fully saturated rings. The molecule has 1 heterocycles. The van der Waals surface area contributed by atoms with Gasteiger partial charge in [0.2, 0.25) is 0 Å². The summed E-state index contributed by atoms with van der Waals surface area (Å²) in [6, 6.07) is 0. The van der Waals surface area contributed by atoms with Crippen LogP contribution in [0.2, 0.25) is 0 Å². The maximum absolute atomic E-state index is 11.8. The minimum absolute atomic E-state index is 0.0308. The van der Waals surface area contributed by atoms with Gasteiger partial charge < -0.3 is 14.5 Å². The summed E-state index contributed by atoms with van der Waals surface area (Å²) in [6.07, 6.45) is 8.90. The number of aldehydes is 1. The second-order valence-electron chi connectivity index (χ2n) is 6.18. The fourth-order valence-corrected chi connectivity index (χ4v) is 2.61. The Hall–Kier alpha value is -2.44. The lowest BCUT2D eigenvalue weighted by atomic mass is 10.2. The molecular weight excluding hydrogens is 324 g/mol. The average molecular weight is 348 g/mol. The summed E-state index contributed by atoms with van der Waals surface area (Å²) < 4.78 is 0. The number of hydrogen-bond donors (Lipinski definition) is 0. The Kier molecular flexibility index (Phi) is 6.91. The smallest absolute Gasteiger partial charge is 0.332 e. The number of allylic oxidation sites excluding steroid dienone is 2. The Bertz CT molecular complexity index is 603. The van der Waals surface area contributed by atoms with Crippen LogP contribution in [0.1, 0.15) is 51.4 Å². The van der Waals surface area contributed by atoms with Crippen LogP contribution in [-0.4, -0.2) is 47.6 Å². The van der Waals surface area contributed by atoms with Crippen LogP contribution in [0.3, 0.4) is 0 Å². The largest absolute Gasteiger partial charge is 0.338 e. The number of carbonyl (C=O) groups is 4. The van der Waals surface area contributed by atoms with E-state index in [0.29, 0.717) is 19.3 Å². The van der Waals surface area contributed by atoms with Gasteiger partial charge in [0.05, 0.1) is 0 Å². The first kappa shape index (κ1) is 18.9. The van der Waals surface area contributed by atoms with Crippen molar-refractivity contribution in [3.05, 3.63) is 23.4 Å². The zero-order valence-electron chi connectivity index (χ0n) is 14.5. The molecule has 136 valence electrons. The number of hydroxylamine groups is 2. The zero-order valence-corrected chi connectivity index (χ0v) is 14.5. The number of nitrogens with zero attached hydrogens (tertiary/aromatic N) is 2. The molecule has 0 radical (unpaired) electrons. The molecule has 2 aliphatic rings. The molecule has 1 aliphatic carbocycles. The first-order valence-electron chi connectivity index (χ1n) is 8.65. The molecule has 2 rings (SSSR count). The minimum Gasteiger partial charge on any atom is -0.338 e. The van der Waals surface area contributed by atoms with E-state index in [0.717, 1.165) is 36.4 Å². The van der Waals surface area contributed by atoms with E-state index in [1.807, 2.05) is 6.08 Å². The number of amides is 2. The van der Waals surface area contributed by atoms with Crippen LogP contribution < -0.4 is 0 Å². The molecule has 7 heteroatoms. The number of hydrogen-bond acceptors (Lipinski definition) is 5.